The van der Waals surface area contributed by atoms with Gasteiger partial charge in [0.25, 0.3) is 0 Å². The van der Waals surface area contributed by atoms with Gasteiger partial charge in [0, 0.05) is 13.2 Å². The highest BCUT2D eigenvalue weighted by Crippen LogP contribution is 2.66. The number of aliphatic hydroxyl groups excluding tert-OH is 1. The smallest absolute Gasteiger partial charge is 0.0689 e. The summed E-state index contributed by atoms with van der Waals surface area (Å²) in [6.45, 7) is 13.5. The summed E-state index contributed by atoms with van der Waals surface area (Å²) in [5, 5.41) is 10.3. The van der Waals surface area contributed by atoms with E-state index in [1.54, 1.807) is 0 Å². The first-order valence-electron chi connectivity index (χ1n) is 9.85. The SMILES string of the molecule is CC1CCN(C[C@@H](O)CCO[C@@H]2C[C@H]3CC[C@@]2(C)C3(C)C)CC1. The van der Waals surface area contributed by atoms with Crippen LogP contribution >= 0.6 is 0 Å². The Morgan fingerprint density at radius 1 is 1.17 bits per heavy atom. The second-order valence-electron chi connectivity index (χ2n) is 9.40. The van der Waals surface area contributed by atoms with Crippen molar-refractivity contribution in [2.24, 2.45) is 22.7 Å². The summed E-state index contributed by atoms with van der Waals surface area (Å²) in [6, 6.07) is 0. The molecule has 1 aliphatic heterocycles. The minimum absolute atomic E-state index is 0.234. The van der Waals surface area contributed by atoms with Gasteiger partial charge in [0.2, 0.25) is 0 Å². The number of likely N-dealkylation sites (tertiary alicyclic amines) is 1. The Bertz CT molecular complexity index is 402. The molecule has 3 heteroatoms. The highest BCUT2D eigenvalue weighted by atomic mass is 16.5. The molecule has 134 valence electrons. The minimum atomic E-state index is -0.234. The third-order valence-electron chi connectivity index (χ3n) is 7.83. The summed E-state index contributed by atoms with van der Waals surface area (Å²) in [5.41, 5.74) is 0.756. The molecule has 0 amide bonds. The van der Waals surface area contributed by atoms with E-state index in [9.17, 15) is 5.11 Å². The number of nitrogens with zero attached hydrogens (tertiary/aromatic N) is 1. The molecule has 0 aromatic rings. The van der Waals surface area contributed by atoms with Crippen molar-refractivity contribution in [2.45, 2.75) is 78.4 Å². The normalized spacial score (nSPS) is 39.0. The number of fused-ring (bicyclic) bond motifs is 2. The summed E-state index contributed by atoms with van der Waals surface area (Å²) in [6.07, 6.45) is 7.42. The molecule has 0 aromatic carbocycles. The number of hydrogen-bond acceptors (Lipinski definition) is 3. The maximum Gasteiger partial charge on any atom is 0.0689 e. The van der Waals surface area contributed by atoms with Crippen LogP contribution in [-0.4, -0.2) is 48.5 Å². The zero-order valence-corrected chi connectivity index (χ0v) is 15.7. The van der Waals surface area contributed by atoms with Crippen LogP contribution < -0.4 is 0 Å². The van der Waals surface area contributed by atoms with Crippen molar-refractivity contribution in [1.29, 1.82) is 0 Å². The molecule has 3 rings (SSSR count). The van der Waals surface area contributed by atoms with Gasteiger partial charge in [0.15, 0.2) is 0 Å². The Labute approximate surface area is 142 Å². The molecule has 0 unspecified atom stereocenters. The van der Waals surface area contributed by atoms with E-state index in [1.165, 1.54) is 32.1 Å². The molecule has 3 nitrogen and oxygen atoms in total. The number of piperidine rings is 1. The molecular formula is C20H37NO2. The van der Waals surface area contributed by atoms with Crippen LogP contribution in [0.5, 0.6) is 0 Å². The maximum atomic E-state index is 10.3. The Kier molecular flexibility index (Phi) is 5.11. The highest BCUT2D eigenvalue weighted by Gasteiger charge is 2.61. The Morgan fingerprint density at radius 3 is 2.43 bits per heavy atom. The van der Waals surface area contributed by atoms with Crippen LogP contribution in [0, 0.1) is 22.7 Å². The van der Waals surface area contributed by atoms with Crippen molar-refractivity contribution in [3.8, 4) is 0 Å². The van der Waals surface area contributed by atoms with Crippen LogP contribution in [0.1, 0.15) is 66.2 Å². The Morgan fingerprint density at radius 2 is 1.87 bits per heavy atom. The first-order valence-corrected chi connectivity index (χ1v) is 9.85. The fraction of sp³-hybridized carbons (Fsp3) is 1.00. The Balaban J connectivity index is 1.39. The van der Waals surface area contributed by atoms with Crippen LogP contribution in [0.15, 0.2) is 0 Å². The summed E-state index contributed by atoms with van der Waals surface area (Å²) in [7, 11) is 0. The minimum Gasteiger partial charge on any atom is -0.392 e. The van der Waals surface area contributed by atoms with Gasteiger partial charge in [-0.2, -0.15) is 0 Å². The molecule has 0 spiro atoms. The fourth-order valence-corrected chi connectivity index (χ4v) is 5.36. The number of hydrogen-bond donors (Lipinski definition) is 1. The van der Waals surface area contributed by atoms with Gasteiger partial charge in [-0.15, -0.1) is 0 Å². The van der Waals surface area contributed by atoms with E-state index in [0.29, 0.717) is 23.5 Å². The van der Waals surface area contributed by atoms with Crippen molar-refractivity contribution < 1.29 is 9.84 Å². The second kappa shape index (κ2) is 6.65. The maximum absolute atomic E-state index is 10.3. The van der Waals surface area contributed by atoms with Crippen LogP contribution in [-0.2, 0) is 4.74 Å². The Hall–Kier alpha value is -0.120. The number of aliphatic hydroxyl groups is 1. The van der Waals surface area contributed by atoms with E-state index in [4.69, 9.17) is 4.74 Å². The molecule has 1 N–H and O–H groups in total. The van der Waals surface area contributed by atoms with Gasteiger partial charge in [0.05, 0.1) is 12.2 Å². The number of rotatable bonds is 6. The molecule has 3 fully saturated rings. The van der Waals surface area contributed by atoms with Crippen LogP contribution in [0.25, 0.3) is 0 Å². The van der Waals surface area contributed by atoms with E-state index in [0.717, 1.165) is 37.9 Å². The predicted octanol–water partition coefficient (Wildman–Crippen LogP) is 3.70. The molecule has 3 aliphatic rings. The van der Waals surface area contributed by atoms with Gasteiger partial charge in [-0.3, -0.25) is 0 Å². The third kappa shape index (κ3) is 3.34. The lowest BCUT2D eigenvalue weighted by Crippen LogP contribution is -2.40. The number of β-amino-alcohol motifs (C(OH)–C–C–N with tert-alkyl or cyclic N) is 1. The van der Waals surface area contributed by atoms with Crippen LogP contribution in [0.2, 0.25) is 0 Å². The van der Waals surface area contributed by atoms with E-state index in [1.807, 2.05) is 0 Å². The fourth-order valence-electron chi connectivity index (χ4n) is 5.36. The summed E-state index contributed by atoms with van der Waals surface area (Å²) >= 11 is 0. The van der Waals surface area contributed by atoms with E-state index < -0.39 is 0 Å². The molecule has 1 heterocycles. The van der Waals surface area contributed by atoms with Gasteiger partial charge in [0.1, 0.15) is 0 Å². The first-order chi connectivity index (χ1) is 10.8. The molecular weight excluding hydrogens is 286 g/mol. The quantitative estimate of drug-likeness (QED) is 0.809. The van der Waals surface area contributed by atoms with Gasteiger partial charge >= 0.3 is 0 Å². The van der Waals surface area contributed by atoms with Gasteiger partial charge in [-0.1, -0.05) is 27.7 Å². The lowest BCUT2D eigenvalue weighted by Gasteiger charge is -2.39. The summed E-state index contributed by atoms with van der Waals surface area (Å²) in [5.74, 6) is 1.69. The van der Waals surface area contributed by atoms with Crippen LogP contribution in [0.3, 0.4) is 0 Å². The topological polar surface area (TPSA) is 32.7 Å². The molecule has 4 atom stereocenters. The summed E-state index contributed by atoms with van der Waals surface area (Å²) < 4.78 is 6.27. The van der Waals surface area contributed by atoms with Crippen molar-refractivity contribution in [1.82, 2.24) is 4.90 Å². The third-order valence-corrected chi connectivity index (χ3v) is 7.83. The second-order valence-corrected chi connectivity index (χ2v) is 9.40. The predicted molar refractivity (Wildman–Crippen MR) is 94.4 cm³/mol. The van der Waals surface area contributed by atoms with Crippen LogP contribution in [0.4, 0.5) is 0 Å². The van der Waals surface area contributed by atoms with Crippen molar-refractivity contribution in [3.05, 3.63) is 0 Å². The van der Waals surface area contributed by atoms with Crippen molar-refractivity contribution in [3.63, 3.8) is 0 Å². The monoisotopic (exact) mass is 323 g/mol. The average molecular weight is 324 g/mol. The van der Waals surface area contributed by atoms with Crippen molar-refractivity contribution >= 4 is 0 Å². The number of ether oxygens (including phenoxy) is 1. The highest BCUT2D eigenvalue weighted by molar-refractivity contribution is 5.11. The lowest BCUT2D eigenvalue weighted by molar-refractivity contribution is -0.0568. The molecule has 2 aliphatic carbocycles. The molecule has 23 heavy (non-hydrogen) atoms. The first kappa shape index (κ1) is 17.7. The van der Waals surface area contributed by atoms with E-state index in [-0.39, 0.29) is 6.10 Å². The van der Waals surface area contributed by atoms with E-state index in [2.05, 4.69) is 32.6 Å². The lowest BCUT2D eigenvalue weighted by atomic mass is 9.70. The van der Waals surface area contributed by atoms with Gasteiger partial charge in [-0.05, 0) is 74.3 Å². The van der Waals surface area contributed by atoms with Gasteiger partial charge < -0.3 is 14.7 Å². The van der Waals surface area contributed by atoms with Gasteiger partial charge in [-0.25, -0.2) is 0 Å². The largest absolute Gasteiger partial charge is 0.392 e. The average Bonchev–Trinajstić information content (AvgIpc) is 2.83. The summed E-state index contributed by atoms with van der Waals surface area (Å²) in [4.78, 5) is 2.42. The molecule has 2 bridgehead atoms. The molecule has 2 saturated carbocycles. The van der Waals surface area contributed by atoms with E-state index >= 15 is 0 Å². The standard InChI is InChI=1S/C20H37NO2/c1-15-6-10-21(11-7-15)14-17(22)8-12-23-18-13-16-5-9-20(18,4)19(16,2)3/h15-18,22H,5-14H2,1-4H3/t16-,17+,18-,20-/m1/s1. The zero-order valence-electron chi connectivity index (χ0n) is 15.7. The molecule has 0 radical (unpaired) electrons. The molecule has 0 aromatic heterocycles. The van der Waals surface area contributed by atoms with Crippen molar-refractivity contribution in [2.75, 3.05) is 26.2 Å². The zero-order chi connectivity index (χ0) is 16.7. The molecule has 1 saturated heterocycles.